The molecule has 2 aromatic heterocycles. The van der Waals surface area contributed by atoms with Gasteiger partial charge in [0.2, 0.25) is 0 Å². The number of hydrogen-bond donors (Lipinski definition) is 0. The van der Waals surface area contributed by atoms with Gasteiger partial charge in [0.1, 0.15) is 16.9 Å². The molecule has 0 saturated carbocycles. The van der Waals surface area contributed by atoms with Crippen molar-refractivity contribution in [1.82, 2.24) is 4.90 Å². The molecule has 1 saturated heterocycles. The van der Waals surface area contributed by atoms with Gasteiger partial charge in [-0.3, -0.25) is 0 Å². The van der Waals surface area contributed by atoms with E-state index in [9.17, 15) is 14.4 Å². The van der Waals surface area contributed by atoms with E-state index in [1.807, 2.05) is 6.07 Å². The van der Waals surface area contributed by atoms with Gasteiger partial charge >= 0.3 is 17.3 Å². The zero-order chi connectivity index (χ0) is 22.2. The van der Waals surface area contributed by atoms with Crippen molar-refractivity contribution in [3.63, 3.8) is 0 Å². The first kappa shape index (κ1) is 20.5. The highest BCUT2D eigenvalue weighted by Gasteiger charge is 2.20. The van der Waals surface area contributed by atoms with Crippen LogP contribution in [0.15, 0.2) is 71.4 Å². The standard InChI is InChI=1S/C23H16BrNO7/c24-14-1-4-19-13(9-14)10-18(22(27)32-19)17-12-21(26)31-20-11-15(2-3-16(17)20)30-23(28)25-5-7-29-8-6-25/h1-4,9-12H,5-8H2. The molecule has 162 valence electrons. The summed E-state index contributed by atoms with van der Waals surface area (Å²) in [5.41, 5.74) is 0.0111. The van der Waals surface area contributed by atoms with Gasteiger partial charge < -0.3 is 23.2 Å². The summed E-state index contributed by atoms with van der Waals surface area (Å²) in [7, 11) is 0. The summed E-state index contributed by atoms with van der Waals surface area (Å²) in [6, 6.07) is 12.9. The number of rotatable bonds is 2. The lowest BCUT2D eigenvalue weighted by atomic mass is 10.0. The molecule has 1 aliphatic rings. The van der Waals surface area contributed by atoms with Gasteiger partial charge in [-0.2, -0.15) is 0 Å². The van der Waals surface area contributed by atoms with Crippen LogP contribution in [0, 0.1) is 0 Å². The first-order valence-corrected chi connectivity index (χ1v) is 10.6. The van der Waals surface area contributed by atoms with E-state index in [0.29, 0.717) is 48.2 Å². The van der Waals surface area contributed by atoms with Crippen molar-refractivity contribution in [3.8, 4) is 16.9 Å². The van der Waals surface area contributed by atoms with Gasteiger partial charge in [0.15, 0.2) is 0 Å². The molecule has 9 heteroatoms. The van der Waals surface area contributed by atoms with Crippen molar-refractivity contribution in [1.29, 1.82) is 0 Å². The minimum atomic E-state index is -0.641. The maximum atomic E-state index is 12.7. The molecule has 5 rings (SSSR count). The maximum Gasteiger partial charge on any atom is 0.415 e. The predicted molar refractivity (Wildman–Crippen MR) is 120 cm³/mol. The number of benzene rings is 2. The number of ether oxygens (including phenoxy) is 2. The van der Waals surface area contributed by atoms with Crippen molar-refractivity contribution < 1.29 is 23.1 Å². The zero-order valence-electron chi connectivity index (χ0n) is 16.6. The molecule has 1 amide bonds. The molecule has 8 nitrogen and oxygen atoms in total. The molecule has 1 aliphatic heterocycles. The lowest BCUT2D eigenvalue weighted by Crippen LogP contribution is -2.42. The lowest BCUT2D eigenvalue weighted by molar-refractivity contribution is 0.0416. The minimum absolute atomic E-state index is 0.188. The van der Waals surface area contributed by atoms with E-state index in [1.165, 1.54) is 12.1 Å². The van der Waals surface area contributed by atoms with E-state index in [0.717, 1.165) is 4.47 Å². The molecule has 32 heavy (non-hydrogen) atoms. The Kier molecular flexibility index (Phi) is 5.28. The highest BCUT2D eigenvalue weighted by Crippen LogP contribution is 2.30. The smallest absolute Gasteiger partial charge is 0.415 e. The topological polar surface area (TPSA) is 99.2 Å². The van der Waals surface area contributed by atoms with Gasteiger partial charge in [-0.1, -0.05) is 15.9 Å². The molecule has 0 spiro atoms. The third-order valence-electron chi connectivity index (χ3n) is 5.17. The number of morpholine rings is 1. The fraction of sp³-hybridized carbons (Fsp3) is 0.174. The molecule has 0 atom stereocenters. The average Bonchev–Trinajstić information content (AvgIpc) is 2.78. The van der Waals surface area contributed by atoms with Gasteiger partial charge in [-0.25, -0.2) is 14.4 Å². The lowest BCUT2D eigenvalue weighted by Gasteiger charge is -2.25. The summed E-state index contributed by atoms with van der Waals surface area (Å²) in [4.78, 5) is 38.8. The number of fused-ring (bicyclic) bond motifs is 2. The van der Waals surface area contributed by atoms with Gasteiger partial charge in [-0.15, -0.1) is 0 Å². The van der Waals surface area contributed by atoms with Crippen molar-refractivity contribution in [3.05, 3.63) is 73.8 Å². The Morgan fingerprint density at radius 1 is 0.906 bits per heavy atom. The first-order chi connectivity index (χ1) is 15.5. The van der Waals surface area contributed by atoms with E-state index < -0.39 is 17.3 Å². The number of nitrogens with zero attached hydrogens (tertiary/aromatic N) is 1. The number of halogens is 1. The van der Waals surface area contributed by atoms with Crippen LogP contribution in [0.4, 0.5) is 4.79 Å². The number of carbonyl (C=O) groups excluding carboxylic acids is 1. The molecule has 0 unspecified atom stereocenters. The van der Waals surface area contributed by atoms with Crippen molar-refractivity contribution in [2.24, 2.45) is 0 Å². The summed E-state index contributed by atoms with van der Waals surface area (Å²) in [5.74, 6) is 0.226. The Morgan fingerprint density at radius 3 is 2.53 bits per heavy atom. The Hall–Kier alpha value is -3.43. The van der Waals surface area contributed by atoms with E-state index in [-0.39, 0.29) is 16.9 Å². The molecular formula is C23H16BrNO7. The normalized spacial score (nSPS) is 14.1. The van der Waals surface area contributed by atoms with Crippen molar-refractivity contribution in [2.75, 3.05) is 26.3 Å². The fourth-order valence-electron chi connectivity index (χ4n) is 3.62. The molecule has 3 heterocycles. The van der Waals surface area contributed by atoms with Gasteiger partial charge in [0.05, 0.1) is 18.8 Å². The summed E-state index contributed by atoms with van der Waals surface area (Å²) in [5, 5.41) is 1.21. The van der Waals surface area contributed by atoms with Crippen LogP contribution in [-0.4, -0.2) is 37.3 Å². The van der Waals surface area contributed by atoms with Crippen LogP contribution in [0.2, 0.25) is 0 Å². The van der Waals surface area contributed by atoms with Crippen LogP contribution < -0.4 is 16.0 Å². The average molecular weight is 498 g/mol. The quantitative estimate of drug-likeness (QED) is 0.383. The monoisotopic (exact) mass is 497 g/mol. The summed E-state index contributed by atoms with van der Waals surface area (Å²) in [6.45, 7) is 1.80. The molecular weight excluding hydrogens is 482 g/mol. The fourth-order valence-corrected chi connectivity index (χ4v) is 4.00. The van der Waals surface area contributed by atoms with Gasteiger partial charge in [-0.05, 0) is 36.4 Å². The minimum Gasteiger partial charge on any atom is -0.423 e. The third kappa shape index (κ3) is 3.92. The Morgan fingerprint density at radius 2 is 1.72 bits per heavy atom. The summed E-state index contributed by atoms with van der Waals surface area (Å²) >= 11 is 3.40. The molecule has 1 fully saturated rings. The SMILES string of the molecule is O=C(Oc1ccc2c(-c3cc4cc(Br)ccc4oc3=O)cc(=O)oc2c1)N1CCOCC1. The van der Waals surface area contributed by atoms with Crippen LogP contribution in [0.1, 0.15) is 0 Å². The zero-order valence-corrected chi connectivity index (χ0v) is 18.2. The van der Waals surface area contributed by atoms with Gasteiger partial charge in [0.25, 0.3) is 0 Å². The van der Waals surface area contributed by atoms with Crippen molar-refractivity contribution in [2.45, 2.75) is 0 Å². The van der Waals surface area contributed by atoms with E-state index in [2.05, 4.69) is 15.9 Å². The van der Waals surface area contributed by atoms with Crippen LogP contribution in [0.25, 0.3) is 33.1 Å². The molecule has 0 aliphatic carbocycles. The predicted octanol–water partition coefficient (Wildman–Crippen LogP) is 4.16. The van der Waals surface area contributed by atoms with Crippen LogP contribution in [-0.2, 0) is 4.74 Å². The second-order valence-corrected chi connectivity index (χ2v) is 8.15. The molecule has 2 aromatic carbocycles. The first-order valence-electron chi connectivity index (χ1n) is 9.84. The highest BCUT2D eigenvalue weighted by molar-refractivity contribution is 9.10. The molecule has 0 radical (unpaired) electrons. The second-order valence-electron chi connectivity index (χ2n) is 7.23. The number of amides is 1. The second kappa shape index (κ2) is 8.25. The van der Waals surface area contributed by atoms with Crippen molar-refractivity contribution >= 4 is 44.0 Å². The summed E-state index contributed by atoms with van der Waals surface area (Å²) in [6.07, 6.45) is -0.507. The molecule has 0 bridgehead atoms. The van der Waals surface area contributed by atoms with Crippen LogP contribution >= 0.6 is 15.9 Å². The Bertz CT molecular complexity index is 1470. The highest BCUT2D eigenvalue weighted by atomic mass is 79.9. The van der Waals surface area contributed by atoms with Gasteiger partial charge in [0, 0.05) is 46.0 Å². The number of hydrogen-bond acceptors (Lipinski definition) is 7. The Balaban J connectivity index is 1.57. The maximum absolute atomic E-state index is 12.7. The largest absolute Gasteiger partial charge is 0.423 e. The third-order valence-corrected chi connectivity index (χ3v) is 5.67. The van der Waals surface area contributed by atoms with E-state index >= 15 is 0 Å². The van der Waals surface area contributed by atoms with E-state index in [1.54, 1.807) is 35.2 Å². The van der Waals surface area contributed by atoms with E-state index in [4.69, 9.17) is 18.3 Å². The molecule has 4 aromatic rings. The van der Waals surface area contributed by atoms with Crippen LogP contribution in [0.5, 0.6) is 5.75 Å². The Labute approximate surface area is 189 Å². The summed E-state index contributed by atoms with van der Waals surface area (Å²) < 4.78 is 22.2. The number of carbonyl (C=O) groups is 1. The molecule has 0 N–H and O–H groups in total. The van der Waals surface area contributed by atoms with Crippen LogP contribution in [0.3, 0.4) is 0 Å².